The fraction of sp³-hybridized carbons (Fsp3) is 0.200. The van der Waals surface area contributed by atoms with E-state index >= 15 is 0 Å². The van der Waals surface area contributed by atoms with E-state index in [1.165, 1.54) is 0 Å². The number of ketones is 1. The van der Waals surface area contributed by atoms with Gasteiger partial charge in [0, 0.05) is 29.7 Å². The second-order valence-electron chi connectivity index (χ2n) is 5.69. The molecule has 4 nitrogen and oxygen atoms in total. The molecule has 0 N–H and O–H groups in total. The Bertz CT molecular complexity index is 931. The Balaban J connectivity index is 0.00000225. The normalized spacial score (nSPS) is 11.7. The summed E-state index contributed by atoms with van der Waals surface area (Å²) in [4.78, 5) is 24.5. The number of hydrogen-bond donors (Lipinski definition) is 0. The van der Waals surface area contributed by atoms with Crippen molar-refractivity contribution in [1.29, 1.82) is 0 Å². The van der Waals surface area contributed by atoms with Crippen molar-refractivity contribution in [3.8, 4) is 5.75 Å². The van der Waals surface area contributed by atoms with Crippen LogP contribution in [-0.2, 0) is 4.79 Å². The zero-order valence-electron chi connectivity index (χ0n) is 14.3. The van der Waals surface area contributed by atoms with Gasteiger partial charge in [0.15, 0.2) is 0 Å². The molecule has 0 amide bonds. The molecule has 0 fully saturated rings. The van der Waals surface area contributed by atoms with E-state index in [0.29, 0.717) is 11.8 Å². The van der Waals surface area contributed by atoms with Crippen molar-refractivity contribution in [1.82, 2.24) is 0 Å². The van der Waals surface area contributed by atoms with Crippen molar-refractivity contribution in [2.24, 2.45) is 0 Å². The summed E-state index contributed by atoms with van der Waals surface area (Å²) in [5, 5.41) is 13.2. The van der Waals surface area contributed by atoms with E-state index < -0.39 is 11.5 Å². The quantitative estimate of drug-likeness (QED) is 0.495. The summed E-state index contributed by atoms with van der Waals surface area (Å²) in [6, 6.07) is 15.8. The van der Waals surface area contributed by atoms with Gasteiger partial charge in [0.1, 0.15) is 11.4 Å². The Labute approximate surface area is 167 Å². The van der Waals surface area contributed by atoms with E-state index in [0.717, 1.165) is 5.56 Å². The maximum atomic E-state index is 12.9. The molecule has 1 atom stereocenters. The van der Waals surface area contributed by atoms with Gasteiger partial charge in [-0.05, 0) is 11.6 Å². The summed E-state index contributed by atoms with van der Waals surface area (Å²) >= 11 is 0. The van der Waals surface area contributed by atoms with Crippen molar-refractivity contribution in [3.05, 3.63) is 76.1 Å². The van der Waals surface area contributed by atoms with E-state index in [-0.39, 0.29) is 58.7 Å². The van der Waals surface area contributed by atoms with E-state index in [9.17, 15) is 14.7 Å². The van der Waals surface area contributed by atoms with Gasteiger partial charge in [-0.2, -0.15) is 0 Å². The number of rotatable bonds is 5. The van der Waals surface area contributed by atoms with E-state index in [1.807, 2.05) is 30.3 Å². The van der Waals surface area contributed by atoms with Crippen molar-refractivity contribution in [2.45, 2.75) is 25.7 Å². The van der Waals surface area contributed by atoms with Crippen LogP contribution in [0.1, 0.15) is 36.8 Å². The fourth-order valence-corrected chi connectivity index (χ4v) is 2.88. The van der Waals surface area contributed by atoms with Crippen molar-refractivity contribution in [3.63, 3.8) is 0 Å². The van der Waals surface area contributed by atoms with E-state index in [4.69, 9.17) is 4.42 Å². The van der Waals surface area contributed by atoms with Crippen molar-refractivity contribution in [2.75, 3.05) is 0 Å². The molecule has 1 unspecified atom stereocenters. The maximum Gasteiger partial charge on any atom is 1.00 e. The van der Waals surface area contributed by atoms with Crippen LogP contribution >= 0.6 is 0 Å². The summed E-state index contributed by atoms with van der Waals surface area (Å²) in [5.41, 5.74) is 0.391. The SMILES string of the molecule is CCC(=O)CC(c1ccccc1)c1c([O-])c2ccccc2oc1=O.[Na+]. The number of carbonyl (C=O) groups is 1. The van der Waals surface area contributed by atoms with Gasteiger partial charge in [-0.3, -0.25) is 4.79 Å². The van der Waals surface area contributed by atoms with Crippen LogP contribution in [0.2, 0.25) is 0 Å². The van der Waals surface area contributed by atoms with Gasteiger partial charge in [0.2, 0.25) is 0 Å². The molecule has 0 saturated carbocycles. The van der Waals surface area contributed by atoms with Crippen LogP contribution < -0.4 is 40.3 Å². The van der Waals surface area contributed by atoms with E-state index in [1.54, 1.807) is 31.2 Å². The summed E-state index contributed by atoms with van der Waals surface area (Å²) in [5.74, 6) is -0.956. The Kier molecular flexibility index (Phi) is 6.59. The standard InChI is InChI=1S/C20H18O4.Na/c1-2-14(21)12-16(13-8-4-3-5-9-13)18-19(22)15-10-6-7-11-17(15)24-20(18)23;/h3-11,16,22H,2,12H2,1H3;/q;+1/p-1. The van der Waals surface area contributed by atoms with Gasteiger partial charge in [0.25, 0.3) is 0 Å². The predicted octanol–water partition coefficient (Wildman–Crippen LogP) is 0.372. The van der Waals surface area contributed by atoms with Crippen LogP contribution in [0.3, 0.4) is 0 Å². The topological polar surface area (TPSA) is 70.3 Å². The van der Waals surface area contributed by atoms with Gasteiger partial charge in [-0.25, -0.2) is 4.79 Å². The molecule has 0 saturated heterocycles. The molecule has 1 aromatic heterocycles. The van der Waals surface area contributed by atoms with Crippen LogP contribution in [-0.4, -0.2) is 5.78 Å². The number of fused-ring (bicyclic) bond motifs is 1. The average molecular weight is 344 g/mol. The summed E-state index contributed by atoms with van der Waals surface area (Å²) in [6.07, 6.45) is 0.468. The van der Waals surface area contributed by atoms with Crippen LogP contribution in [0.5, 0.6) is 5.75 Å². The second kappa shape index (κ2) is 8.48. The number of Topliss-reactive ketones (excluding diaryl/α,β-unsaturated/α-hetero) is 1. The molecule has 2 aromatic carbocycles. The molecular weight excluding hydrogens is 327 g/mol. The molecule has 5 heteroatoms. The first-order chi connectivity index (χ1) is 11.6. The largest absolute Gasteiger partial charge is 1.00 e. The molecule has 122 valence electrons. The van der Waals surface area contributed by atoms with Crippen LogP contribution in [0.25, 0.3) is 11.0 Å². The Morgan fingerprint density at radius 1 is 1.08 bits per heavy atom. The molecule has 0 bridgehead atoms. The maximum absolute atomic E-state index is 12.9. The minimum atomic E-state index is -0.670. The van der Waals surface area contributed by atoms with E-state index in [2.05, 4.69) is 0 Å². The van der Waals surface area contributed by atoms with Crippen molar-refractivity contribution >= 4 is 16.8 Å². The summed E-state index contributed by atoms with van der Waals surface area (Å²) in [6.45, 7) is 1.77. The van der Waals surface area contributed by atoms with Crippen LogP contribution in [0.4, 0.5) is 0 Å². The predicted molar refractivity (Wildman–Crippen MR) is 90.1 cm³/mol. The minimum Gasteiger partial charge on any atom is -0.872 e. The molecule has 0 aliphatic carbocycles. The molecule has 3 aromatic rings. The first-order valence-electron chi connectivity index (χ1n) is 7.91. The molecule has 0 spiro atoms. The number of para-hydroxylation sites is 1. The molecule has 0 aliphatic heterocycles. The first-order valence-corrected chi connectivity index (χ1v) is 7.91. The third-order valence-corrected chi connectivity index (χ3v) is 4.18. The molecule has 0 radical (unpaired) electrons. The average Bonchev–Trinajstić information content (AvgIpc) is 2.61. The van der Waals surface area contributed by atoms with Gasteiger partial charge in [-0.15, -0.1) is 0 Å². The minimum absolute atomic E-state index is 0. The number of carbonyl (C=O) groups excluding carboxylic acids is 1. The van der Waals surface area contributed by atoms with Gasteiger partial charge < -0.3 is 9.52 Å². The molecular formula is C20H17NaO4. The third kappa shape index (κ3) is 4.03. The molecule has 25 heavy (non-hydrogen) atoms. The summed E-state index contributed by atoms with van der Waals surface area (Å²) in [7, 11) is 0. The number of hydrogen-bond acceptors (Lipinski definition) is 4. The molecule has 0 aliphatic rings. The van der Waals surface area contributed by atoms with Gasteiger partial charge >= 0.3 is 35.2 Å². The zero-order chi connectivity index (χ0) is 17.1. The fourth-order valence-electron chi connectivity index (χ4n) is 2.88. The number of benzene rings is 2. The summed E-state index contributed by atoms with van der Waals surface area (Å²) < 4.78 is 5.32. The first kappa shape index (κ1) is 19.4. The van der Waals surface area contributed by atoms with Crippen LogP contribution in [0.15, 0.2) is 63.8 Å². The van der Waals surface area contributed by atoms with Gasteiger partial charge in [0.05, 0.1) is 0 Å². The Morgan fingerprint density at radius 3 is 2.40 bits per heavy atom. The molecule has 1 heterocycles. The zero-order valence-corrected chi connectivity index (χ0v) is 16.3. The monoisotopic (exact) mass is 344 g/mol. The van der Waals surface area contributed by atoms with Gasteiger partial charge in [-0.1, -0.05) is 61.2 Å². The third-order valence-electron chi connectivity index (χ3n) is 4.18. The molecule has 3 rings (SSSR count). The van der Waals surface area contributed by atoms with Crippen molar-refractivity contribution < 1.29 is 43.9 Å². The Hall–Kier alpha value is -1.88. The second-order valence-corrected chi connectivity index (χ2v) is 5.69. The Morgan fingerprint density at radius 2 is 1.72 bits per heavy atom. The van der Waals surface area contributed by atoms with Crippen LogP contribution in [0, 0.1) is 0 Å². The smallest absolute Gasteiger partial charge is 0.872 e.